The standard InChI is InChI=1S/C15H12Cl2N2S/c16-12-6-5-9(7-13(12)17)15(19-18)11-8-20-14-4-2-1-3-10(11)14/h1-8,15,19H,18H2. The molecule has 0 aliphatic carbocycles. The monoisotopic (exact) mass is 322 g/mol. The van der Waals surface area contributed by atoms with Gasteiger partial charge in [-0.25, -0.2) is 5.43 Å². The average Bonchev–Trinajstić information content (AvgIpc) is 2.88. The van der Waals surface area contributed by atoms with Gasteiger partial charge in [-0.05, 0) is 40.1 Å². The molecule has 0 aliphatic rings. The van der Waals surface area contributed by atoms with Crippen LogP contribution in [0.4, 0.5) is 0 Å². The minimum atomic E-state index is -0.110. The molecule has 102 valence electrons. The minimum absolute atomic E-state index is 0.110. The molecule has 0 radical (unpaired) electrons. The van der Waals surface area contributed by atoms with Gasteiger partial charge in [0.15, 0.2) is 0 Å². The van der Waals surface area contributed by atoms with Crippen molar-refractivity contribution in [3.63, 3.8) is 0 Å². The van der Waals surface area contributed by atoms with Gasteiger partial charge in [-0.2, -0.15) is 0 Å². The first kappa shape index (κ1) is 13.9. The third kappa shape index (κ3) is 2.43. The number of fused-ring (bicyclic) bond motifs is 1. The molecule has 0 aliphatic heterocycles. The lowest BCUT2D eigenvalue weighted by atomic mass is 9.99. The number of nitrogens with one attached hydrogen (secondary N) is 1. The SMILES string of the molecule is NNC(c1ccc(Cl)c(Cl)c1)c1csc2ccccc12. The Hall–Kier alpha value is -1.10. The second-order valence-electron chi connectivity index (χ2n) is 4.46. The van der Waals surface area contributed by atoms with Crippen molar-refractivity contribution in [2.75, 3.05) is 0 Å². The van der Waals surface area contributed by atoms with E-state index in [9.17, 15) is 0 Å². The van der Waals surface area contributed by atoms with Crippen molar-refractivity contribution >= 4 is 44.6 Å². The summed E-state index contributed by atoms with van der Waals surface area (Å²) < 4.78 is 1.24. The minimum Gasteiger partial charge on any atom is -0.271 e. The Balaban J connectivity index is 2.11. The lowest BCUT2D eigenvalue weighted by Crippen LogP contribution is -2.28. The molecule has 2 nitrogen and oxygen atoms in total. The maximum absolute atomic E-state index is 6.10. The normalized spacial score (nSPS) is 12.8. The molecular formula is C15H12Cl2N2S. The van der Waals surface area contributed by atoms with Crippen LogP contribution in [0.1, 0.15) is 17.2 Å². The number of hydrogen-bond donors (Lipinski definition) is 2. The number of thiophene rings is 1. The summed E-state index contributed by atoms with van der Waals surface area (Å²) in [7, 11) is 0. The van der Waals surface area contributed by atoms with E-state index in [0.29, 0.717) is 10.0 Å². The first-order valence-electron chi connectivity index (χ1n) is 6.08. The Labute approximate surface area is 131 Å². The number of halogens is 2. The Bertz CT molecular complexity index is 754. The largest absolute Gasteiger partial charge is 0.271 e. The Morgan fingerprint density at radius 3 is 2.60 bits per heavy atom. The van der Waals surface area contributed by atoms with Gasteiger partial charge in [0, 0.05) is 4.70 Å². The maximum Gasteiger partial charge on any atom is 0.0724 e. The van der Waals surface area contributed by atoms with Gasteiger partial charge in [0.2, 0.25) is 0 Å². The summed E-state index contributed by atoms with van der Waals surface area (Å²) in [5.74, 6) is 5.75. The van der Waals surface area contributed by atoms with Crippen LogP contribution in [0.3, 0.4) is 0 Å². The lowest BCUT2D eigenvalue weighted by Gasteiger charge is -2.16. The summed E-state index contributed by atoms with van der Waals surface area (Å²) in [6.45, 7) is 0. The zero-order valence-corrected chi connectivity index (χ0v) is 12.8. The van der Waals surface area contributed by atoms with Crippen LogP contribution in [0.5, 0.6) is 0 Å². The van der Waals surface area contributed by atoms with Crippen molar-refractivity contribution in [1.29, 1.82) is 0 Å². The Morgan fingerprint density at radius 1 is 1.05 bits per heavy atom. The van der Waals surface area contributed by atoms with Crippen LogP contribution in [0, 0.1) is 0 Å². The van der Waals surface area contributed by atoms with Crippen molar-refractivity contribution in [2.45, 2.75) is 6.04 Å². The third-order valence-corrected chi connectivity index (χ3v) is 4.99. The van der Waals surface area contributed by atoms with E-state index in [1.165, 1.54) is 10.1 Å². The summed E-state index contributed by atoms with van der Waals surface area (Å²) >= 11 is 13.8. The van der Waals surface area contributed by atoms with Crippen LogP contribution in [-0.2, 0) is 0 Å². The predicted octanol–water partition coefficient (Wildman–Crippen LogP) is 4.76. The molecule has 0 saturated carbocycles. The number of hydrogen-bond acceptors (Lipinski definition) is 3. The van der Waals surface area contributed by atoms with Crippen LogP contribution in [-0.4, -0.2) is 0 Å². The highest BCUT2D eigenvalue weighted by Crippen LogP contribution is 2.34. The molecule has 5 heteroatoms. The van der Waals surface area contributed by atoms with Gasteiger partial charge in [0.05, 0.1) is 16.1 Å². The summed E-state index contributed by atoms with van der Waals surface area (Å²) in [6.07, 6.45) is 0. The van der Waals surface area contributed by atoms with Gasteiger partial charge in [0.1, 0.15) is 0 Å². The fraction of sp³-hybridized carbons (Fsp3) is 0.0667. The Kier molecular flexibility index (Phi) is 3.96. The van der Waals surface area contributed by atoms with Crippen molar-refractivity contribution in [3.05, 3.63) is 69.0 Å². The molecule has 1 atom stereocenters. The van der Waals surface area contributed by atoms with Gasteiger partial charge in [-0.15, -0.1) is 11.3 Å². The van der Waals surface area contributed by atoms with Crippen molar-refractivity contribution in [3.8, 4) is 0 Å². The van der Waals surface area contributed by atoms with E-state index in [0.717, 1.165) is 11.1 Å². The van der Waals surface area contributed by atoms with E-state index in [2.05, 4.69) is 22.9 Å². The molecule has 1 heterocycles. The van der Waals surface area contributed by atoms with E-state index in [-0.39, 0.29) is 6.04 Å². The van der Waals surface area contributed by atoms with E-state index >= 15 is 0 Å². The van der Waals surface area contributed by atoms with Crippen LogP contribution >= 0.6 is 34.5 Å². The molecule has 1 unspecified atom stereocenters. The van der Waals surface area contributed by atoms with E-state index < -0.39 is 0 Å². The fourth-order valence-electron chi connectivity index (χ4n) is 2.28. The van der Waals surface area contributed by atoms with Crippen LogP contribution in [0.25, 0.3) is 10.1 Å². The Morgan fingerprint density at radius 2 is 1.85 bits per heavy atom. The molecule has 1 aromatic heterocycles. The topological polar surface area (TPSA) is 38.0 Å². The number of rotatable bonds is 3. The second-order valence-corrected chi connectivity index (χ2v) is 6.19. The second kappa shape index (κ2) is 5.72. The highest BCUT2D eigenvalue weighted by molar-refractivity contribution is 7.17. The maximum atomic E-state index is 6.10. The van der Waals surface area contributed by atoms with E-state index in [4.69, 9.17) is 29.0 Å². The van der Waals surface area contributed by atoms with Gasteiger partial charge in [0.25, 0.3) is 0 Å². The first-order valence-corrected chi connectivity index (χ1v) is 7.71. The fourth-order valence-corrected chi connectivity index (χ4v) is 3.57. The van der Waals surface area contributed by atoms with Gasteiger partial charge in [-0.1, -0.05) is 47.5 Å². The van der Waals surface area contributed by atoms with Crippen molar-refractivity contribution < 1.29 is 0 Å². The summed E-state index contributed by atoms with van der Waals surface area (Å²) in [4.78, 5) is 0. The summed E-state index contributed by atoms with van der Waals surface area (Å²) in [6, 6.07) is 13.7. The number of hydrazine groups is 1. The van der Waals surface area contributed by atoms with E-state index in [1.54, 1.807) is 17.4 Å². The van der Waals surface area contributed by atoms with Gasteiger partial charge in [-0.3, -0.25) is 5.84 Å². The average molecular weight is 323 g/mol. The van der Waals surface area contributed by atoms with E-state index in [1.807, 2.05) is 24.3 Å². The zero-order valence-electron chi connectivity index (χ0n) is 10.4. The quantitative estimate of drug-likeness (QED) is 0.539. The summed E-state index contributed by atoms with van der Waals surface area (Å²) in [5.41, 5.74) is 5.00. The molecule has 0 saturated heterocycles. The zero-order chi connectivity index (χ0) is 14.1. The van der Waals surface area contributed by atoms with Crippen LogP contribution in [0.2, 0.25) is 10.0 Å². The van der Waals surface area contributed by atoms with Crippen LogP contribution in [0.15, 0.2) is 47.8 Å². The van der Waals surface area contributed by atoms with Gasteiger partial charge >= 0.3 is 0 Å². The molecule has 20 heavy (non-hydrogen) atoms. The van der Waals surface area contributed by atoms with Gasteiger partial charge < -0.3 is 0 Å². The lowest BCUT2D eigenvalue weighted by molar-refractivity contribution is 0.642. The molecule has 0 fully saturated rings. The van der Waals surface area contributed by atoms with Crippen molar-refractivity contribution in [1.82, 2.24) is 5.43 Å². The molecule has 0 amide bonds. The first-order chi connectivity index (χ1) is 9.70. The molecular weight excluding hydrogens is 311 g/mol. The van der Waals surface area contributed by atoms with Crippen LogP contribution < -0.4 is 11.3 Å². The smallest absolute Gasteiger partial charge is 0.0724 e. The molecule has 3 N–H and O–H groups in total. The van der Waals surface area contributed by atoms with Crippen molar-refractivity contribution in [2.24, 2.45) is 5.84 Å². The summed E-state index contributed by atoms with van der Waals surface area (Å²) in [5, 5.41) is 4.40. The number of benzene rings is 2. The third-order valence-electron chi connectivity index (χ3n) is 3.27. The molecule has 3 aromatic rings. The molecule has 3 rings (SSSR count). The molecule has 0 bridgehead atoms. The number of nitrogens with two attached hydrogens (primary N) is 1. The highest BCUT2D eigenvalue weighted by atomic mass is 35.5. The molecule has 0 spiro atoms. The predicted molar refractivity (Wildman–Crippen MR) is 87.5 cm³/mol. The highest BCUT2D eigenvalue weighted by Gasteiger charge is 2.17. The molecule has 2 aromatic carbocycles.